The fraction of sp³-hybridized carbons (Fsp3) is 0.750. The van der Waals surface area contributed by atoms with Gasteiger partial charge in [0.05, 0.1) is 6.42 Å². The van der Waals surface area contributed by atoms with E-state index in [0.29, 0.717) is 19.4 Å². The largest absolute Gasteiger partial charge is 0.481 e. The van der Waals surface area contributed by atoms with Gasteiger partial charge in [-0.05, 0) is 31.1 Å². The molecule has 1 fully saturated rings. The third-order valence-electron chi connectivity index (χ3n) is 4.08. The van der Waals surface area contributed by atoms with Gasteiger partial charge in [0.25, 0.3) is 0 Å². The van der Waals surface area contributed by atoms with E-state index < -0.39 is 5.97 Å². The molecule has 0 aromatic carbocycles. The number of carboxylic acids is 1. The average molecular weight is 279 g/mol. The molecule has 1 saturated carbocycles. The van der Waals surface area contributed by atoms with E-state index in [9.17, 15) is 9.59 Å². The second-order valence-corrected chi connectivity index (χ2v) is 5.82. The Balaban J connectivity index is 2.36. The quantitative estimate of drug-likeness (QED) is 0.530. The zero-order chi connectivity index (χ0) is 14.8. The Bertz CT molecular complexity index is 364. The Morgan fingerprint density at radius 2 is 1.90 bits per heavy atom. The number of aliphatic carboxylic acids is 1. The van der Waals surface area contributed by atoms with Gasteiger partial charge in [-0.15, -0.1) is 12.3 Å². The van der Waals surface area contributed by atoms with Crippen molar-refractivity contribution < 1.29 is 14.7 Å². The summed E-state index contributed by atoms with van der Waals surface area (Å²) in [4.78, 5) is 22.8. The van der Waals surface area contributed by atoms with Gasteiger partial charge in [0.1, 0.15) is 0 Å². The minimum absolute atomic E-state index is 0.0114. The molecule has 1 aliphatic carbocycles. The lowest BCUT2D eigenvalue weighted by molar-refractivity contribution is -0.140. The normalized spacial score (nSPS) is 17.1. The number of unbranched alkanes of at least 4 members (excludes halogenated alkanes) is 2. The van der Waals surface area contributed by atoms with E-state index in [1.807, 2.05) is 0 Å². The van der Waals surface area contributed by atoms with Gasteiger partial charge in [0, 0.05) is 19.4 Å². The topological polar surface area (TPSA) is 66.4 Å². The van der Waals surface area contributed by atoms with E-state index in [1.54, 1.807) is 0 Å². The Labute approximate surface area is 121 Å². The molecule has 0 atom stereocenters. The second-order valence-electron chi connectivity index (χ2n) is 5.82. The van der Waals surface area contributed by atoms with Crippen molar-refractivity contribution in [3.8, 4) is 12.3 Å². The van der Waals surface area contributed by atoms with Crippen LogP contribution in [-0.2, 0) is 9.59 Å². The molecule has 112 valence electrons. The fourth-order valence-corrected chi connectivity index (χ4v) is 2.93. The zero-order valence-electron chi connectivity index (χ0n) is 12.1. The predicted octanol–water partition coefficient (Wildman–Crippen LogP) is 2.72. The lowest BCUT2D eigenvalue weighted by Crippen LogP contribution is -2.40. The summed E-state index contributed by atoms with van der Waals surface area (Å²) in [6.45, 7) is 0.493. The summed E-state index contributed by atoms with van der Waals surface area (Å²) in [5, 5.41) is 12.0. The number of rotatable bonds is 8. The highest BCUT2D eigenvalue weighted by molar-refractivity contribution is 5.76. The number of carbonyl (C=O) groups excluding carboxylic acids is 1. The molecule has 0 bridgehead atoms. The van der Waals surface area contributed by atoms with E-state index in [2.05, 4.69) is 11.2 Å². The van der Waals surface area contributed by atoms with E-state index >= 15 is 0 Å². The first-order valence-electron chi connectivity index (χ1n) is 7.50. The molecule has 4 heteroatoms. The molecule has 0 aromatic rings. The number of carboxylic acid groups (broad SMARTS) is 1. The number of amides is 1. The minimum Gasteiger partial charge on any atom is -0.481 e. The lowest BCUT2D eigenvalue weighted by atomic mass is 9.71. The van der Waals surface area contributed by atoms with Gasteiger partial charge in [-0.3, -0.25) is 9.59 Å². The summed E-state index contributed by atoms with van der Waals surface area (Å²) in [6.07, 6.45) is 13.2. The van der Waals surface area contributed by atoms with Gasteiger partial charge in [-0.25, -0.2) is 0 Å². The van der Waals surface area contributed by atoms with Crippen LogP contribution >= 0.6 is 0 Å². The maximum Gasteiger partial charge on any atom is 0.303 e. The van der Waals surface area contributed by atoms with Crippen LogP contribution in [0.25, 0.3) is 0 Å². The Kier molecular flexibility index (Phi) is 7.14. The van der Waals surface area contributed by atoms with Crippen molar-refractivity contribution in [3.63, 3.8) is 0 Å². The van der Waals surface area contributed by atoms with E-state index in [-0.39, 0.29) is 17.7 Å². The van der Waals surface area contributed by atoms with Crippen molar-refractivity contribution in [2.75, 3.05) is 6.54 Å². The number of hydrogen-bond donors (Lipinski definition) is 2. The molecule has 0 saturated heterocycles. The highest BCUT2D eigenvalue weighted by atomic mass is 16.4. The highest BCUT2D eigenvalue weighted by Crippen LogP contribution is 2.38. The molecule has 0 spiro atoms. The highest BCUT2D eigenvalue weighted by Gasteiger charge is 2.34. The second kappa shape index (κ2) is 8.63. The van der Waals surface area contributed by atoms with E-state index in [0.717, 1.165) is 38.5 Å². The average Bonchev–Trinajstić information content (AvgIpc) is 2.42. The summed E-state index contributed by atoms with van der Waals surface area (Å²) in [5.41, 5.74) is -0.238. The van der Waals surface area contributed by atoms with Crippen molar-refractivity contribution in [3.05, 3.63) is 0 Å². The van der Waals surface area contributed by atoms with Crippen LogP contribution in [0.2, 0.25) is 0 Å². The Hall–Kier alpha value is -1.50. The van der Waals surface area contributed by atoms with Crippen molar-refractivity contribution in [1.82, 2.24) is 5.32 Å². The molecule has 0 aliphatic heterocycles. The summed E-state index contributed by atoms with van der Waals surface area (Å²) in [7, 11) is 0. The monoisotopic (exact) mass is 279 g/mol. The van der Waals surface area contributed by atoms with Crippen LogP contribution in [-0.4, -0.2) is 23.5 Å². The molecule has 20 heavy (non-hydrogen) atoms. The molecule has 0 heterocycles. The first-order chi connectivity index (χ1) is 9.58. The van der Waals surface area contributed by atoms with Crippen LogP contribution in [0.3, 0.4) is 0 Å². The van der Waals surface area contributed by atoms with E-state index in [1.165, 1.54) is 6.42 Å². The van der Waals surface area contributed by atoms with Crippen LogP contribution in [0.1, 0.15) is 64.2 Å². The Morgan fingerprint density at radius 3 is 2.50 bits per heavy atom. The maximum absolute atomic E-state index is 11.8. The van der Waals surface area contributed by atoms with Crippen LogP contribution in [0.5, 0.6) is 0 Å². The number of carbonyl (C=O) groups is 2. The van der Waals surface area contributed by atoms with E-state index in [4.69, 9.17) is 11.5 Å². The van der Waals surface area contributed by atoms with Gasteiger partial charge >= 0.3 is 5.97 Å². The van der Waals surface area contributed by atoms with Gasteiger partial charge in [0.2, 0.25) is 5.91 Å². The third-order valence-corrected chi connectivity index (χ3v) is 4.08. The number of terminal acetylenes is 1. The predicted molar refractivity (Wildman–Crippen MR) is 78.1 cm³/mol. The van der Waals surface area contributed by atoms with Crippen molar-refractivity contribution in [1.29, 1.82) is 0 Å². The first-order valence-corrected chi connectivity index (χ1v) is 7.50. The molecule has 1 aliphatic rings. The Morgan fingerprint density at radius 1 is 1.20 bits per heavy atom. The molecule has 0 radical (unpaired) electrons. The molecule has 1 amide bonds. The third kappa shape index (κ3) is 6.10. The van der Waals surface area contributed by atoms with Crippen LogP contribution in [0.4, 0.5) is 0 Å². The fourth-order valence-electron chi connectivity index (χ4n) is 2.93. The van der Waals surface area contributed by atoms with Gasteiger partial charge in [-0.1, -0.05) is 19.3 Å². The smallest absolute Gasteiger partial charge is 0.303 e. The maximum atomic E-state index is 11.8. The lowest BCUT2D eigenvalue weighted by Gasteiger charge is -2.36. The van der Waals surface area contributed by atoms with Crippen molar-refractivity contribution in [2.24, 2.45) is 5.41 Å². The summed E-state index contributed by atoms with van der Waals surface area (Å²) in [6, 6.07) is 0. The molecule has 2 N–H and O–H groups in total. The summed E-state index contributed by atoms with van der Waals surface area (Å²) < 4.78 is 0. The molecule has 0 aromatic heterocycles. The molecule has 1 rings (SSSR count). The van der Waals surface area contributed by atoms with Gasteiger partial charge in [-0.2, -0.15) is 0 Å². The minimum atomic E-state index is -0.768. The summed E-state index contributed by atoms with van der Waals surface area (Å²) >= 11 is 0. The first kappa shape index (κ1) is 16.6. The number of nitrogens with one attached hydrogen (secondary N) is 1. The molecular weight excluding hydrogens is 254 g/mol. The van der Waals surface area contributed by atoms with Crippen LogP contribution in [0.15, 0.2) is 0 Å². The van der Waals surface area contributed by atoms with Crippen molar-refractivity contribution >= 4 is 11.9 Å². The molecule has 4 nitrogen and oxygen atoms in total. The number of hydrogen-bond acceptors (Lipinski definition) is 2. The SMILES string of the molecule is C#CCCCCC(=O)NCC1(CC(=O)O)CCCCC1. The molecular formula is C16H25NO3. The van der Waals surface area contributed by atoms with Crippen molar-refractivity contribution in [2.45, 2.75) is 64.2 Å². The zero-order valence-corrected chi connectivity index (χ0v) is 12.1. The van der Waals surface area contributed by atoms with Crippen LogP contribution < -0.4 is 5.32 Å². The van der Waals surface area contributed by atoms with Gasteiger partial charge < -0.3 is 10.4 Å². The molecule has 0 unspecified atom stereocenters. The van der Waals surface area contributed by atoms with Crippen LogP contribution in [0, 0.1) is 17.8 Å². The summed E-state index contributed by atoms with van der Waals surface area (Å²) in [5.74, 6) is 1.80. The standard InChI is InChI=1S/C16H25NO3/c1-2-3-4-6-9-14(18)17-13-16(12-15(19)20)10-7-5-8-11-16/h1H,3-13H2,(H,17,18)(H,19,20). The van der Waals surface area contributed by atoms with Gasteiger partial charge in [0.15, 0.2) is 0 Å².